The fourth-order valence-electron chi connectivity index (χ4n) is 2.42. The van der Waals surface area contributed by atoms with E-state index < -0.39 is 0 Å². The van der Waals surface area contributed by atoms with Gasteiger partial charge in [-0.05, 0) is 47.8 Å². The molecule has 1 fully saturated rings. The molecular formula is C14H17NO. The maximum Gasteiger partial charge on any atom is 0.0490 e. The lowest BCUT2D eigenvalue weighted by molar-refractivity contribution is 0.211. The van der Waals surface area contributed by atoms with Gasteiger partial charge in [-0.2, -0.15) is 0 Å². The second-order valence-corrected chi connectivity index (χ2v) is 5.15. The Morgan fingerprint density at radius 2 is 2.12 bits per heavy atom. The Kier molecular flexibility index (Phi) is 2.08. The topological polar surface area (TPSA) is 25.2 Å². The molecular weight excluding hydrogens is 198 g/mol. The molecule has 0 unspecified atom stereocenters. The van der Waals surface area contributed by atoms with Crippen LogP contribution in [0.25, 0.3) is 10.9 Å². The minimum absolute atomic E-state index is 0.207. The molecule has 1 saturated carbocycles. The Bertz CT molecular complexity index is 523. The average Bonchev–Trinajstić information content (AvgIpc) is 2.98. The quantitative estimate of drug-likeness (QED) is 0.836. The second kappa shape index (κ2) is 3.36. The highest BCUT2D eigenvalue weighted by atomic mass is 16.3. The summed E-state index contributed by atoms with van der Waals surface area (Å²) in [5.74, 6) is 0. The molecule has 1 aromatic heterocycles. The molecule has 1 heterocycles. The Balaban J connectivity index is 1.95. The van der Waals surface area contributed by atoms with Crippen LogP contribution in [-0.4, -0.2) is 16.3 Å². The molecule has 16 heavy (non-hydrogen) atoms. The van der Waals surface area contributed by atoms with E-state index in [1.54, 1.807) is 0 Å². The van der Waals surface area contributed by atoms with Crippen molar-refractivity contribution in [1.29, 1.82) is 0 Å². The fourth-order valence-corrected chi connectivity index (χ4v) is 2.42. The first-order valence-electron chi connectivity index (χ1n) is 5.87. The third-order valence-corrected chi connectivity index (χ3v) is 3.82. The van der Waals surface area contributed by atoms with Crippen LogP contribution >= 0.6 is 0 Å². The largest absolute Gasteiger partial charge is 0.396 e. The van der Waals surface area contributed by atoms with Gasteiger partial charge in [-0.15, -0.1) is 0 Å². The molecule has 0 bridgehead atoms. The van der Waals surface area contributed by atoms with E-state index >= 15 is 0 Å². The van der Waals surface area contributed by atoms with Crippen LogP contribution in [0.5, 0.6) is 0 Å². The number of aliphatic hydroxyl groups is 1. The maximum atomic E-state index is 9.34. The van der Waals surface area contributed by atoms with E-state index in [1.165, 1.54) is 29.3 Å². The van der Waals surface area contributed by atoms with Gasteiger partial charge in [-0.1, -0.05) is 12.1 Å². The van der Waals surface area contributed by atoms with Crippen molar-refractivity contribution < 1.29 is 5.11 Å². The van der Waals surface area contributed by atoms with Crippen LogP contribution < -0.4 is 0 Å². The molecule has 3 rings (SSSR count). The molecule has 0 radical (unpaired) electrons. The van der Waals surface area contributed by atoms with Crippen molar-refractivity contribution >= 4 is 10.9 Å². The number of hydrogen-bond donors (Lipinski definition) is 1. The van der Waals surface area contributed by atoms with Crippen LogP contribution in [0.4, 0.5) is 0 Å². The Morgan fingerprint density at radius 3 is 2.81 bits per heavy atom. The molecule has 1 aliphatic rings. The van der Waals surface area contributed by atoms with Crippen molar-refractivity contribution in [1.82, 2.24) is 4.57 Å². The summed E-state index contributed by atoms with van der Waals surface area (Å²) in [5, 5.41) is 10.6. The standard InChI is InChI=1S/C14H17NO/c1-15-7-4-12-3-2-11(8-13(12)15)9-14(10-16)5-6-14/h2-4,7-8,16H,5-6,9-10H2,1H3. The highest BCUT2D eigenvalue weighted by molar-refractivity contribution is 5.80. The highest BCUT2D eigenvalue weighted by Crippen LogP contribution is 2.47. The summed E-state index contributed by atoms with van der Waals surface area (Å²) in [4.78, 5) is 0. The van der Waals surface area contributed by atoms with Crippen LogP contribution in [0.15, 0.2) is 30.5 Å². The maximum absolute atomic E-state index is 9.34. The van der Waals surface area contributed by atoms with Crippen molar-refractivity contribution in [2.24, 2.45) is 12.5 Å². The lowest BCUT2D eigenvalue weighted by Gasteiger charge is -2.11. The Morgan fingerprint density at radius 1 is 1.31 bits per heavy atom. The van der Waals surface area contributed by atoms with Crippen LogP contribution in [0, 0.1) is 5.41 Å². The molecule has 84 valence electrons. The summed E-state index contributed by atoms with van der Waals surface area (Å²) >= 11 is 0. The van der Waals surface area contributed by atoms with Crippen molar-refractivity contribution in [3.05, 3.63) is 36.0 Å². The molecule has 2 aromatic rings. The van der Waals surface area contributed by atoms with Crippen LogP contribution in [0.1, 0.15) is 18.4 Å². The zero-order chi connectivity index (χ0) is 11.2. The van der Waals surface area contributed by atoms with E-state index in [2.05, 4.69) is 42.1 Å². The van der Waals surface area contributed by atoms with E-state index in [0.717, 1.165) is 6.42 Å². The minimum atomic E-state index is 0.207. The van der Waals surface area contributed by atoms with Gasteiger partial charge < -0.3 is 9.67 Å². The van der Waals surface area contributed by atoms with Gasteiger partial charge in [-0.3, -0.25) is 0 Å². The zero-order valence-corrected chi connectivity index (χ0v) is 9.61. The van der Waals surface area contributed by atoms with Gasteiger partial charge in [-0.25, -0.2) is 0 Å². The molecule has 0 spiro atoms. The fraction of sp³-hybridized carbons (Fsp3) is 0.429. The van der Waals surface area contributed by atoms with Gasteiger partial charge in [0.1, 0.15) is 0 Å². The SMILES string of the molecule is Cn1ccc2ccc(CC3(CO)CC3)cc21. The van der Waals surface area contributed by atoms with E-state index in [-0.39, 0.29) is 5.41 Å². The summed E-state index contributed by atoms with van der Waals surface area (Å²) in [6.07, 6.45) is 5.46. The van der Waals surface area contributed by atoms with Crippen molar-refractivity contribution in [2.75, 3.05) is 6.61 Å². The highest BCUT2D eigenvalue weighted by Gasteiger charge is 2.41. The third-order valence-electron chi connectivity index (χ3n) is 3.82. The minimum Gasteiger partial charge on any atom is -0.396 e. The Hall–Kier alpha value is -1.28. The van der Waals surface area contributed by atoms with Gasteiger partial charge in [0.2, 0.25) is 0 Å². The van der Waals surface area contributed by atoms with Crippen molar-refractivity contribution in [3.8, 4) is 0 Å². The van der Waals surface area contributed by atoms with E-state index in [1.807, 2.05) is 0 Å². The average molecular weight is 215 g/mol. The van der Waals surface area contributed by atoms with Gasteiger partial charge in [0.15, 0.2) is 0 Å². The number of benzene rings is 1. The predicted molar refractivity (Wildman–Crippen MR) is 65.4 cm³/mol. The van der Waals surface area contributed by atoms with Gasteiger partial charge in [0.25, 0.3) is 0 Å². The van der Waals surface area contributed by atoms with E-state index in [9.17, 15) is 5.11 Å². The van der Waals surface area contributed by atoms with Crippen molar-refractivity contribution in [3.63, 3.8) is 0 Å². The number of fused-ring (bicyclic) bond motifs is 1. The number of aliphatic hydroxyl groups excluding tert-OH is 1. The molecule has 1 aliphatic carbocycles. The molecule has 1 N–H and O–H groups in total. The van der Waals surface area contributed by atoms with Gasteiger partial charge >= 0.3 is 0 Å². The molecule has 0 atom stereocenters. The lowest BCUT2D eigenvalue weighted by atomic mass is 9.97. The first-order valence-corrected chi connectivity index (χ1v) is 5.87. The monoisotopic (exact) mass is 215 g/mol. The molecule has 0 amide bonds. The number of aromatic nitrogens is 1. The van der Waals surface area contributed by atoms with E-state index in [4.69, 9.17) is 0 Å². The number of nitrogens with zero attached hydrogens (tertiary/aromatic N) is 1. The van der Waals surface area contributed by atoms with Crippen LogP contribution in [-0.2, 0) is 13.5 Å². The van der Waals surface area contributed by atoms with Gasteiger partial charge in [0, 0.05) is 25.4 Å². The number of rotatable bonds is 3. The normalized spacial score (nSPS) is 17.9. The van der Waals surface area contributed by atoms with Gasteiger partial charge in [0.05, 0.1) is 0 Å². The van der Waals surface area contributed by atoms with Crippen LogP contribution in [0.2, 0.25) is 0 Å². The summed E-state index contributed by atoms with van der Waals surface area (Å²) in [7, 11) is 2.07. The molecule has 0 aliphatic heterocycles. The second-order valence-electron chi connectivity index (χ2n) is 5.15. The molecule has 1 aromatic carbocycles. The van der Waals surface area contributed by atoms with Crippen molar-refractivity contribution in [2.45, 2.75) is 19.3 Å². The molecule has 0 saturated heterocycles. The van der Waals surface area contributed by atoms with Crippen LogP contribution in [0.3, 0.4) is 0 Å². The first kappa shape index (κ1) is 9.91. The Labute approximate surface area is 95.5 Å². The summed E-state index contributed by atoms with van der Waals surface area (Å²) in [6, 6.07) is 8.76. The smallest absolute Gasteiger partial charge is 0.0490 e. The lowest BCUT2D eigenvalue weighted by Crippen LogP contribution is -2.09. The predicted octanol–water partition coefficient (Wildman–Crippen LogP) is 2.49. The third kappa shape index (κ3) is 1.54. The first-order chi connectivity index (χ1) is 7.72. The molecule has 2 heteroatoms. The summed E-state index contributed by atoms with van der Waals surface area (Å²) < 4.78 is 2.15. The zero-order valence-electron chi connectivity index (χ0n) is 9.61. The van der Waals surface area contributed by atoms with E-state index in [0.29, 0.717) is 6.61 Å². The molecule has 2 nitrogen and oxygen atoms in total. The summed E-state index contributed by atoms with van der Waals surface area (Å²) in [5.41, 5.74) is 2.84. The summed E-state index contributed by atoms with van der Waals surface area (Å²) in [6.45, 7) is 0.332. The number of hydrogen-bond acceptors (Lipinski definition) is 1. The number of aryl methyl sites for hydroxylation is 1.